The molecule has 1 aliphatic rings. The smallest absolute Gasteiger partial charge is 0.211 e. The van der Waals surface area contributed by atoms with E-state index in [1.54, 1.807) is 4.31 Å². The van der Waals surface area contributed by atoms with Gasteiger partial charge in [0.1, 0.15) is 4.66 Å². The van der Waals surface area contributed by atoms with Gasteiger partial charge in [-0.25, -0.2) is 8.42 Å². The van der Waals surface area contributed by atoms with Crippen LogP contribution in [0.15, 0.2) is 0 Å². The van der Waals surface area contributed by atoms with Crippen LogP contribution in [0.2, 0.25) is 0 Å². The third-order valence-electron chi connectivity index (χ3n) is 2.38. The van der Waals surface area contributed by atoms with Crippen LogP contribution in [-0.2, 0) is 10.0 Å². The third-order valence-corrected chi connectivity index (χ3v) is 5.58. The molecule has 5 heteroatoms. The zero-order valence-corrected chi connectivity index (χ0v) is 11.1. The Morgan fingerprint density at radius 1 is 1.43 bits per heavy atom. The Morgan fingerprint density at radius 2 is 2.00 bits per heavy atom. The van der Waals surface area contributed by atoms with Gasteiger partial charge in [-0.05, 0) is 25.2 Å². The molecule has 0 saturated heterocycles. The van der Waals surface area contributed by atoms with Crippen molar-refractivity contribution < 1.29 is 8.42 Å². The van der Waals surface area contributed by atoms with Crippen LogP contribution in [0.5, 0.6) is 0 Å². The van der Waals surface area contributed by atoms with Gasteiger partial charge in [0.2, 0.25) is 10.0 Å². The van der Waals surface area contributed by atoms with Gasteiger partial charge in [0.15, 0.2) is 0 Å². The number of rotatable bonds is 6. The number of alkyl halides is 1. The molecule has 0 aromatic carbocycles. The van der Waals surface area contributed by atoms with E-state index in [0.717, 1.165) is 19.3 Å². The molecule has 0 atom stereocenters. The molecule has 0 heterocycles. The predicted molar refractivity (Wildman–Crippen MR) is 61.9 cm³/mol. The van der Waals surface area contributed by atoms with Gasteiger partial charge in [0, 0.05) is 12.6 Å². The van der Waals surface area contributed by atoms with Crippen molar-refractivity contribution in [3.05, 3.63) is 0 Å². The summed E-state index contributed by atoms with van der Waals surface area (Å²) in [5.41, 5.74) is 0. The molecule has 1 fully saturated rings. The van der Waals surface area contributed by atoms with Crippen molar-refractivity contribution in [3.8, 4) is 0 Å². The van der Waals surface area contributed by atoms with Gasteiger partial charge >= 0.3 is 0 Å². The molecule has 14 heavy (non-hydrogen) atoms. The summed E-state index contributed by atoms with van der Waals surface area (Å²) in [5.74, 6) is 0.557. The second-order valence-corrected chi connectivity index (χ2v) is 7.47. The first-order chi connectivity index (χ1) is 6.47. The van der Waals surface area contributed by atoms with E-state index in [-0.39, 0.29) is 10.7 Å². The van der Waals surface area contributed by atoms with Crippen molar-refractivity contribution in [3.63, 3.8) is 0 Å². The van der Waals surface area contributed by atoms with E-state index < -0.39 is 10.0 Å². The Bertz CT molecular complexity index is 273. The summed E-state index contributed by atoms with van der Waals surface area (Å²) in [4.78, 5) is 0. The lowest BCUT2D eigenvalue weighted by Crippen LogP contribution is -2.35. The fraction of sp³-hybridized carbons (Fsp3) is 1.00. The molecule has 0 aromatic heterocycles. The summed E-state index contributed by atoms with van der Waals surface area (Å²) in [6, 6.07) is 0.288. The maximum atomic E-state index is 11.7. The predicted octanol–water partition coefficient (Wildman–Crippen LogP) is 2.18. The summed E-state index contributed by atoms with van der Waals surface area (Å²) >= 11 is 3.05. The van der Waals surface area contributed by atoms with Gasteiger partial charge < -0.3 is 0 Å². The summed E-state index contributed by atoms with van der Waals surface area (Å²) in [6.07, 6.45) is 3.01. The van der Waals surface area contributed by atoms with Crippen LogP contribution in [0.1, 0.15) is 33.1 Å². The minimum atomic E-state index is -3.04. The van der Waals surface area contributed by atoms with E-state index in [1.165, 1.54) is 0 Å². The summed E-state index contributed by atoms with van der Waals surface area (Å²) in [7, 11) is -3.04. The zero-order valence-electron chi connectivity index (χ0n) is 8.74. The molecule has 1 saturated carbocycles. The van der Waals surface area contributed by atoms with Crippen molar-refractivity contribution in [2.24, 2.45) is 5.92 Å². The molecular formula is C9H18BrNO2S. The average molecular weight is 284 g/mol. The highest BCUT2D eigenvalue weighted by Crippen LogP contribution is 2.30. The van der Waals surface area contributed by atoms with Crippen LogP contribution in [0.3, 0.4) is 0 Å². The molecule has 3 nitrogen and oxygen atoms in total. The standard InChI is InChI=1S/C9H18BrNO2S/c1-8(2)5-6-11(9-3-4-9)14(12,13)7-10/h8-9H,3-7H2,1-2H3. The summed E-state index contributed by atoms with van der Waals surface area (Å²) in [5, 5.41) is 0. The fourth-order valence-electron chi connectivity index (χ4n) is 1.36. The van der Waals surface area contributed by atoms with Crippen LogP contribution in [0.4, 0.5) is 0 Å². The number of sulfonamides is 1. The Morgan fingerprint density at radius 3 is 2.36 bits per heavy atom. The minimum absolute atomic E-state index is 0.0502. The molecule has 0 amide bonds. The van der Waals surface area contributed by atoms with Crippen LogP contribution in [-0.4, -0.2) is 30.0 Å². The third kappa shape index (κ3) is 3.51. The highest BCUT2D eigenvalue weighted by molar-refractivity contribution is 9.10. The van der Waals surface area contributed by atoms with Crippen molar-refractivity contribution in [1.29, 1.82) is 0 Å². The Labute approximate surface area is 95.0 Å². The van der Waals surface area contributed by atoms with E-state index in [1.807, 2.05) is 0 Å². The largest absolute Gasteiger partial charge is 0.224 e. The lowest BCUT2D eigenvalue weighted by molar-refractivity contribution is 0.376. The van der Waals surface area contributed by atoms with E-state index >= 15 is 0 Å². The normalized spacial score (nSPS) is 18.1. The van der Waals surface area contributed by atoms with Gasteiger partial charge in [-0.15, -0.1) is 0 Å². The monoisotopic (exact) mass is 283 g/mol. The zero-order chi connectivity index (χ0) is 10.8. The maximum Gasteiger partial charge on any atom is 0.224 e. The van der Waals surface area contributed by atoms with Crippen LogP contribution in [0, 0.1) is 5.92 Å². The number of hydrogen-bond donors (Lipinski definition) is 0. The maximum absolute atomic E-state index is 11.7. The van der Waals surface area contributed by atoms with Gasteiger partial charge in [0.25, 0.3) is 0 Å². The Hall–Kier alpha value is 0.390. The van der Waals surface area contributed by atoms with Crippen molar-refractivity contribution >= 4 is 26.0 Å². The van der Waals surface area contributed by atoms with Crippen LogP contribution in [0.25, 0.3) is 0 Å². The van der Waals surface area contributed by atoms with Gasteiger partial charge in [-0.1, -0.05) is 29.8 Å². The molecule has 0 aliphatic heterocycles. The van der Waals surface area contributed by atoms with E-state index in [0.29, 0.717) is 12.5 Å². The van der Waals surface area contributed by atoms with Crippen molar-refractivity contribution in [1.82, 2.24) is 4.31 Å². The molecule has 1 aliphatic carbocycles. The second-order valence-electron chi connectivity index (χ2n) is 4.25. The molecule has 0 aromatic rings. The quantitative estimate of drug-likeness (QED) is 0.701. The number of hydrogen-bond acceptors (Lipinski definition) is 2. The molecule has 0 bridgehead atoms. The highest BCUT2D eigenvalue weighted by atomic mass is 79.9. The van der Waals surface area contributed by atoms with Gasteiger partial charge in [-0.3, -0.25) is 0 Å². The SMILES string of the molecule is CC(C)CCN(C1CC1)S(=O)(=O)CBr. The van der Waals surface area contributed by atoms with Gasteiger partial charge in [-0.2, -0.15) is 4.31 Å². The lowest BCUT2D eigenvalue weighted by Gasteiger charge is -2.21. The van der Waals surface area contributed by atoms with E-state index in [4.69, 9.17) is 0 Å². The molecular weight excluding hydrogens is 266 g/mol. The highest BCUT2D eigenvalue weighted by Gasteiger charge is 2.36. The van der Waals surface area contributed by atoms with Gasteiger partial charge in [0.05, 0.1) is 0 Å². The molecule has 0 unspecified atom stereocenters. The first-order valence-corrected chi connectivity index (χ1v) is 7.76. The lowest BCUT2D eigenvalue weighted by atomic mass is 10.1. The van der Waals surface area contributed by atoms with E-state index in [9.17, 15) is 8.42 Å². The van der Waals surface area contributed by atoms with Crippen molar-refractivity contribution in [2.75, 3.05) is 11.2 Å². The molecule has 84 valence electrons. The van der Waals surface area contributed by atoms with Crippen LogP contribution < -0.4 is 0 Å². The first kappa shape index (κ1) is 12.5. The average Bonchev–Trinajstić information content (AvgIpc) is 2.87. The Kier molecular flexibility index (Phi) is 4.40. The molecule has 0 N–H and O–H groups in total. The summed E-state index contributed by atoms with van der Waals surface area (Å²) in [6.45, 7) is 4.91. The Balaban J connectivity index is 2.56. The fourth-order valence-corrected chi connectivity index (χ4v) is 3.32. The van der Waals surface area contributed by atoms with Crippen molar-refractivity contribution in [2.45, 2.75) is 39.2 Å². The molecule has 1 rings (SSSR count). The molecule has 0 spiro atoms. The summed E-state index contributed by atoms with van der Waals surface area (Å²) < 4.78 is 25.1. The minimum Gasteiger partial charge on any atom is -0.211 e. The topological polar surface area (TPSA) is 37.4 Å². The van der Waals surface area contributed by atoms with E-state index in [2.05, 4.69) is 29.8 Å². The van der Waals surface area contributed by atoms with Crippen LogP contribution >= 0.6 is 15.9 Å². The molecule has 0 radical (unpaired) electrons. The number of nitrogens with zero attached hydrogens (tertiary/aromatic N) is 1. The second kappa shape index (κ2) is 4.94. The number of halogens is 1. The first-order valence-electron chi connectivity index (χ1n) is 5.03.